The molecule has 0 unspecified atom stereocenters. The topological polar surface area (TPSA) is 98.7 Å². The van der Waals surface area contributed by atoms with Crippen molar-refractivity contribution in [1.82, 2.24) is 10.3 Å². The van der Waals surface area contributed by atoms with E-state index in [1.165, 1.54) is 13.3 Å². The molecule has 1 heterocycles. The lowest BCUT2D eigenvalue weighted by Crippen LogP contribution is -2.43. The minimum Gasteiger partial charge on any atom is -0.493 e. The van der Waals surface area contributed by atoms with Gasteiger partial charge in [-0.15, -0.1) is 0 Å². The predicted octanol–water partition coefficient (Wildman–Crippen LogP) is 2.99. The number of amides is 2. The highest BCUT2D eigenvalue weighted by atomic mass is 79.9. The van der Waals surface area contributed by atoms with E-state index in [1.807, 2.05) is 12.1 Å². The summed E-state index contributed by atoms with van der Waals surface area (Å²) in [5.41, 5.74) is 3.09. The molecule has 0 aliphatic carbocycles. The van der Waals surface area contributed by atoms with Gasteiger partial charge in [0.1, 0.15) is 5.75 Å². The maximum atomic E-state index is 12.2. The molecule has 1 aliphatic rings. The van der Waals surface area contributed by atoms with Crippen LogP contribution < -0.4 is 19.6 Å². The quantitative estimate of drug-likeness (QED) is 0.359. The number of benzene rings is 2. The third-order valence-electron chi connectivity index (χ3n) is 4.56. The number of ether oxygens (including phenoxy) is 4. The van der Waals surface area contributed by atoms with Crippen LogP contribution in [0.5, 0.6) is 17.2 Å². The maximum absolute atomic E-state index is 12.2. The van der Waals surface area contributed by atoms with Gasteiger partial charge in [-0.25, -0.2) is 5.43 Å². The molecule has 11 heteroatoms. The molecule has 0 atom stereocenters. The molecule has 1 saturated heterocycles. The number of nitrogens with zero attached hydrogens (tertiary/aromatic N) is 2. The smallest absolute Gasteiger partial charge is 0.277 e. The molecule has 1 fully saturated rings. The van der Waals surface area contributed by atoms with Crippen LogP contribution in [0.3, 0.4) is 0 Å². The first kappa shape index (κ1) is 25.0. The molecule has 1 aliphatic heterocycles. The number of rotatable bonds is 9. The summed E-state index contributed by atoms with van der Waals surface area (Å²) < 4.78 is 23.3. The zero-order valence-corrected chi connectivity index (χ0v) is 21.1. The van der Waals surface area contributed by atoms with Crippen molar-refractivity contribution in [1.29, 1.82) is 0 Å². The number of carbonyl (C=O) groups excluding carboxylic acids is 2. The van der Waals surface area contributed by atoms with E-state index in [0.29, 0.717) is 49.1 Å². The first-order valence-electron chi connectivity index (χ1n) is 10.0. The standard InChI is InChI=1S/C22H23Br2N3O6/c1-30-20-10-15(2-4-19(20)33-14-22(29)27-6-8-31-9-7-27)12-25-26-21(28)13-32-18-5-3-16(23)11-17(18)24/h2-5,10-12H,6-9,13-14H2,1H3,(H,26,28)/b25-12+. The molecule has 9 nitrogen and oxygen atoms in total. The van der Waals surface area contributed by atoms with Gasteiger partial charge in [-0.05, 0) is 57.9 Å². The van der Waals surface area contributed by atoms with Crippen molar-refractivity contribution in [2.45, 2.75) is 0 Å². The fourth-order valence-corrected chi connectivity index (χ4v) is 4.04. The molecule has 1 N–H and O–H groups in total. The highest BCUT2D eigenvalue weighted by Crippen LogP contribution is 2.28. The van der Waals surface area contributed by atoms with Gasteiger partial charge in [-0.1, -0.05) is 15.9 Å². The maximum Gasteiger partial charge on any atom is 0.277 e. The summed E-state index contributed by atoms with van der Waals surface area (Å²) in [6.45, 7) is 1.91. The van der Waals surface area contributed by atoms with Gasteiger partial charge >= 0.3 is 0 Å². The lowest BCUT2D eigenvalue weighted by Gasteiger charge is -2.26. The highest BCUT2D eigenvalue weighted by molar-refractivity contribution is 9.11. The number of halogens is 2. The third-order valence-corrected chi connectivity index (χ3v) is 5.67. The Morgan fingerprint density at radius 2 is 1.79 bits per heavy atom. The van der Waals surface area contributed by atoms with Crippen molar-refractivity contribution in [2.24, 2.45) is 5.10 Å². The van der Waals surface area contributed by atoms with E-state index < -0.39 is 5.91 Å². The second-order valence-corrected chi connectivity index (χ2v) is 8.62. The van der Waals surface area contributed by atoms with E-state index in [9.17, 15) is 9.59 Å². The van der Waals surface area contributed by atoms with E-state index in [0.717, 1.165) is 8.95 Å². The van der Waals surface area contributed by atoms with Gasteiger partial charge in [0.2, 0.25) is 0 Å². The van der Waals surface area contributed by atoms with Crippen molar-refractivity contribution >= 4 is 49.9 Å². The average Bonchev–Trinajstić information content (AvgIpc) is 2.82. The Kier molecular flexibility index (Phi) is 9.52. The Labute approximate surface area is 208 Å². The normalized spacial score (nSPS) is 13.6. The number of hydrogen-bond donors (Lipinski definition) is 1. The van der Waals surface area contributed by atoms with Crippen LogP contribution in [-0.4, -0.2) is 69.6 Å². The summed E-state index contributed by atoms with van der Waals surface area (Å²) in [6, 6.07) is 10.5. The second kappa shape index (κ2) is 12.6. The Balaban J connectivity index is 1.48. The highest BCUT2D eigenvalue weighted by Gasteiger charge is 2.18. The summed E-state index contributed by atoms with van der Waals surface area (Å²) in [5, 5.41) is 3.94. The largest absolute Gasteiger partial charge is 0.493 e. The Hall–Kier alpha value is -2.63. The van der Waals surface area contributed by atoms with Crippen LogP contribution in [-0.2, 0) is 14.3 Å². The monoisotopic (exact) mass is 583 g/mol. The van der Waals surface area contributed by atoms with E-state index in [-0.39, 0.29) is 19.1 Å². The molecule has 2 aromatic carbocycles. The molecule has 0 aromatic heterocycles. The Morgan fingerprint density at radius 1 is 1.06 bits per heavy atom. The summed E-state index contributed by atoms with van der Waals surface area (Å²) in [7, 11) is 1.51. The zero-order valence-electron chi connectivity index (χ0n) is 17.9. The lowest BCUT2D eigenvalue weighted by atomic mass is 10.2. The molecule has 33 heavy (non-hydrogen) atoms. The molecule has 176 valence electrons. The van der Waals surface area contributed by atoms with Crippen molar-refractivity contribution < 1.29 is 28.5 Å². The van der Waals surface area contributed by atoms with Gasteiger partial charge in [0.05, 0.1) is 31.0 Å². The number of methoxy groups -OCH3 is 1. The molecule has 0 spiro atoms. The number of hydrogen-bond acceptors (Lipinski definition) is 7. The lowest BCUT2D eigenvalue weighted by molar-refractivity contribution is -0.137. The molecule has 3 rings (SSSR count). The van der Waals surface area contributed by atoms with Gasteiger partial charge in [0, 0.05) is 17.6 Å². The molecular weight excluding hydrogens is 562 g/mol. The molecule has 0 radical (unpaired) electrons. The zero-order chi connectivity index (χ0) is 23.6. The first-order valence-corrected chi connectivity index (χ1v) is 11.6. The molecular formula is C22H23Br2N3O6. The van der Waals surface area contributed by atoms with Crippen molar-refractivity contribution in [3.63, 3.8) is 0 Å². The van der Waals surface area contributed by atoms with Crippen LogP contribution in [0.1, 0.15) is 5.56 Å². The first-order chi connectivity index (χ1) is 16.0. The summed E-state index contributed by atoms with van der Waals surface area (Å²) in [4.78, 5) is 25.9. The Morgan fingerprint density at radius 3 is 2.52 bits per heavy atom. The van der Waals surface area contributed by atoms with Crippen LogP contribution in [0.25, 0.3) is 0 Å². The number of morpholine rings is 1. The van der Waals surface area contributed by atoms with Crippen LogP contribution in [0.15, 0.2) is 50.4 Å². The fourth-order valence-electron chi connectivity index (χ4n) is 2.87. The van der Waals surface area contributed by atoms with Crippen molar-refractivity contribution in [3.8, 4) is 17.2 Å². The number of nitrogens with one attached hydrogen (secondary N) is 1. The van der Waals surface area contributed by atoms with Crippen LogP contribution in [0, 0.1) is 0 Å². The molecule has 2 amide bonds. The van der Waals surface area contributed by atoms with Gasteiger partial charge in [-0.2, -0.15) is 5.10 Å². The summed E-state index contributed by atoms with van der Waals surface area (Å²) >= 11 is 6.73. The number of carbonyl (C=O) groups is 2. The summed E-state index contributed by atoms with van der Waals surface area (Å²) in [5.74, 6) is 0.919. The number of hydrazone groups is 1. The molecule has 0 bridgehead atoms. The minimum atomic E-state index is -0.408. The van der Waals surface area contributed by atoms with Gasteiger partial charge in [-0.3, -0.25) is 9.59 Å². The van der Waals surface area contributed by atoms with E-state index in [1.54, 1.807) is 29.2 Å². The summed E-state index contributed by atoms with van der Waals surface area (Å²) in [6.07, 6.45) is 1.47. The van der Waals surface area contributed by atoms with Gasteiger partial charge < -0.3 is 23.8 Å². The van der Waals surface area contributed by atoms with Crippen molar-refractivity contribution in [2.75, 3.05) is 46.6 Å². The Bertz CT molecular complexity index is 1010. The average molecular weight is 585 g/mol. The third kappa shape index (κ3) is 7.72. The van der Waals surface area contributed by atoms with E-state index >= 15 is 0 Å². The van der Waals surface area contributed by atoms with Crippen LogP contribution in [0.2, 0.25) is 0 Å². The second-order valence-electron chi connectivity index (χ2n) is 6.85. The van der Waals surface area contributed by atoms with E-state index in [2.05, 4.69) is 42.4 Å². The fraction of sp³-hybridized carbons (Fsp3) is 0.318. The minimum absolute atomic E-state index is 0.0890. The molecule has 0 saturated carbocycles. The van der Waals surface area contributed by atoms with E-state index in [4.69, 9.17) is 18.9 Å². The van der Waals surface area contributed by atoms with Crippen LogP contribution in [0.4, 0.5) is 0 Å². The molecule has 2 aromatic rings. The predicted molar refractivity (Wildman–Crippen MR) is 129 cm³/mol. The van der Waals surface area contributed by atoms with Gasteiger partial charge in [0.15, 0.2) is 24.7 Å². The SMILES string of the molecule is COc1cc(/C=N/NC(=O)COc2ccc(Br)cc2Br)ccc1OCC(=O)N1CCOCC1. The van der Waals surface area contributed by atoms with Crippen molar-refractivity contribution in [3.05, 3.63) is 50.9 Å². The van der Waals surface area contributed by atoms with Gasteiger partial charge in [0.25, 0.3) is 11.8 Å². The van der Waals surface area contributed by atoms with Crippen LogP contribution >= 0.6 is 31.9 Å².